The van der Waals surface area contributed by atoms with Crippen LogP contribution in [0.3, 0.4) is 0 Å². The molecule has 2 aromatic heterocycles. The van der Waals surface area contributed by atoms with Gasteiger partial charge in [-0.3, -0.25) is 4.79 Å². The van der Waals surface area contributed by atoms with Crippen molar-refractivity contribution in [1.29, 1.82) is 0 Å². The first kappa shape index (κ1) is 20.5. The molecule has 2 atom stereocenters. The van der Waals surface area contributed by atoms with Gasteiger partial charge in [0, 0.05) is 18.3 Å². The van der Waals surface area contributed by atoms with Gasteiger partial charge in [0.05, 0.1) is 44.9 Å². The number of benzene rings is 1. The van der Waals surface area contributed by atoms with Crippen molar-refractivity contribution in [2.75, 3.05) is 0 Å². The van der Waals surface area contributed by atoms with E-state index in [1.54, 1.807) is 17.6 Å². The Morgan fingerprint density at radius 2 is 2.13 bits per heavy atom. The molecule has 10 heteroatoms. The van der Waals surface area contributed by atoms with Gasteiger partial charge in [-0.1, -0.05) is 19.2 Å². The molecule has 0 aliphatic carbocycles. The second-order valence-electron chi connectivity index (χ2n) is 7.15. The summed E-state index contributed by atoms with van der Waals surface area (Å²) >= 11 is 1.37. The summed E-state index contributed by atoms with van der Waals surface area (Å²) < 4.78 is 27.7. The number of allylic oxidation sites excluding steroid dienone is 1. The molecule has 1 aliphatic heterocycles. The molecule has 1 amide bonds. The fourth-order valence-electron chi connectivity index (χ4n) is 3.51. The van der Waals surface area contributed by atoms with Gasteiger partial charge in [-0.15, -0.1) is 11.3 Å². The number of hydrogen-bond acceptors (Lipinski definition) is 7. The van der Waals surface area contributed by atoms with E-state index < -0.39 is 22.0 Å². The van der Waals surface area contributed by atoms with E-state index in [4.69, 9.17) is 0 Å². The zero-order valence-electron chi connectivity index (χ0n) is 16.2. The Morgan fingerprint density at radius 3 is 2.80 bits per heavy atom. The lowest BCUT2D eigenvalue weighted by molar-refractivity contribution is -0.137. The van der Waals surface area contributed by atoms with Crippen LogP contribution in [0.4, 0.5) is 0 Å². The van der Waals surface area contributed by atoms with E-state index in [0.29, 0.717) is 16.8 Å². The maximum atomic E-state index is 13.0. The van der Waals surface area contributed by atoms with Gasteiger partial charge in [0.1, 0.15) is 0 Å². The minimum Gasteiger partial charge on any atom is -0.392 e. The zero-order valence-corrected chi connectivity index (χ0v) is 17.9. The number of aliphatic hydroxyl groups excluding tert-OH is 1. The second-order valence-corrected chi connectivity index (χ2v) is 9.83. The number of aromatic nitrogens is 3. The van der Waals surface area contributed by atoms with Crippen LogP contribution in [0.5, 0.6) is 0 Å². The minimum absolute atomic E-state index is 0.129. The monoisotopic (exact) mass is 444 g/mol. The number of hydrogen-bond donors (Lipinski definition) is 1. The summed E-state index contributed by atoms with van der Waals surface area (Å²) in [7, 11) is -3.86. The number of fused-ring (bicyclic) bond motifs is 2. The molecule has 30 heavy (non-hydrogen) atoms. The van der Waals surface area contributed by atoms with E-state index in [9.17, 15) is 18.3 Å². The predicted octanol–water partition coefficient (Wildman–Crippen LogP) is 2.31. The first-order valence-corrected chi connectivity index (χ1v) is 11.5. The molecular formula is C20H20N4O4S2. The smallest absolute Gasteiger partial charge is 0.283 e. The molecule has 8 nitrogen and oxygen atoms in total. The van der Waals surface area contributed by atoms with Crippen molar-refractivity contribution in [2.24, 2.45) is 5.92 Å². The Hall–Kier alpha value is -2.82. The van der Waals surface area contributed by atoms with Crippen LogP contribution in [0.25, 0.3) is 10.2 Å². The highest BCUT2D eigenvalue weighted by atomic mass is 32.2. The molecule has 0 unspecified atom stereocenters. The summed E-state index contributed by atoms with van der Waals surface area (Å²) in [5, 5.41) is 14.2. The molecule has 0 bridgehead atoms. The largest absolute Gasteiger partial charge is 0.392 e. The van der Waals surface area contributed by atoms with Crippen molar-refractivity contribution in [2.45, 2.75) is 31.0 Å². The van der Waals surface area contributed by atoms with Crippen molar-refractivity contribution in [3.05, 3.63) is 66.0 Å². The van der Waals surface area contributed by atoms with E-state index in [1.807, 2.05) is 0 Å². The summed E-state index contributed by atoms with van der Waals surface area (Å²) in [6, 6.07) is 4.76. The molecule has 1 aliphatic rings. The highest BCUT2D eigenvalue weighted by Crippen LogP contribution is 2.28. The van der Waals surface area contributed by atoms with Crippen LogP contribution in [-0.4, -0.2) is 44.6 Å². The molecule has 3 heterocycles. The third kappa shape index (κ3) is 3.36. The van der Waals surface area contributed by atoms with E-state index in [-0.39, 0.29) is 23.9 Å². The van der Waals surface area contributed by atoms with Gasteiger partial charge in [0.25, 0.3) is 10.0 Å². The lowest BCUT2D eigenvalue weighted by Crippen LogP contribution is -2.38. The molecule has 4 rings (SSSR count). The van der Waals surface area contributed by atoms with Gasteiger partial charge in [-0.2, -0.15) is 17.6 Å². The van der Waals surface area contributed by atoms with Crippen LogP contribution in [0.1, 0.15) is 18.2 Å². The Morgan fingerprint density at radius 1 is 1.37 bits per heavy atom. The lowest BCUT2D eigenvalue weighted by atomic mass is 9.93. The number of carbonyl (C=O) groups is 1. The molecule has 0 radical (unpaired) electrons. The van der Waals surface area contributed by atoms with Gasteiger partial charge >= 0.3 is 0 Å². The van der Waals surface area contributed by atoms with Crippen molar-refractivity contribution >= 4 is 37.5 Å². The van der Waals surface area contributed by atoms with E-state index in [1.165, 1.54) is 41.5 Å². The normalized spacial score (nSPS) is 15.7. The summed E-state index contributed by atoms with van der Waals surface area (Å²) in [5.74, 6) is -1.09. The molecular weight excluding hydrogens is 424 g/mol. The molecule has 0 saturated carbocycles. The SMILES string of the molecule is C=CC(=C)[C@@H](C(=O)N1Cc2cn(S(=O)(=O)c3ccc4ncsc4c3)nc2C1)[C@H](C)O. The summed E-state index contributed by atoms with van der Waals surface area (Å²) in [4.78, 5) is 18.7. The Labute approximate surface area is 177 Å². The van der Waals surface area contributed by atoms with Crippen LogP contribution in [0.2, 0.25) is 0 Å². The number of aliphatic hydroxyl groups is 1. The van der Waals surface area contributed by atoms with Gasteiger partial charge in [-0.25, -0.2) is 4.98 Å². The van der Waals surface area contributed by atoms with Crippen molar-refractivity contribution < 1.29 is 18.3 Å². The van der Waals surface area contributed by atoms with Crippen molar-refractivity contribution in [3.8, 4) is 0 Å². The van der Waals surface area contributed by atoms with Crippen LogP contribution < -0.4 is 0 Å². The van der Waals surface area contributed by atoms with Gasteiger partial charge in [-0.05, 0) is 30.7 Å². The maximum absolute atomic E-state index is 13.0. The third-order valence-corrected chi connectivity index (χ3v) is 7.45. The van der Waals surface area contributed by atoms with Crippen molar-refractivity contribution in [3.63, 3.8) is 0 Å². The highest BCUT2D eigenvalue weighted by Gasteiger charge is 2.35. The average molecular weight is 445 g/mol. The van der Waals surface area contributed by atoms with Crippen LogP contribution in [0.15, 0.2) is 59.6 Å². The number of rotatable bonds is 6. The quantitative estimate of drug-likeness (QED) is 0.585. The minimum atomic E-state index is -3.86. The molecule has 1 N–H and O–H groups in total. The lowest BCUT2D eigenvalue weighted by Gasteiger charge is -2.25. The van der Waals surface area contributed by atoms with Gasteiger partial charge in [0.2, 0.25) is 5.91 Å². The summed E-state index contributed by atoms with van der Waals surface area (Å²) in [6.45, 7) is 9.32. The standard InChI is InChI=1S/C20H20N4O4S2/c1-4-12(2)19(13(3)25)20(26)23-8-14-9-24(22-17(14)10-23)30(27,28)15-5-6-16-18(7-15)29-11-21-16/h4-7,9,11,13,19,25H,1-2,8,10H2,3H3/t13-,19+/m0/s1. The number of carbonyl (C=O) groups excluding carboxylic acids is 1. The maximum Gasteiger partial charge on any atom is 0.283 e. The predicted molar refractivity (Wildman–Crippen MR) is 113 cm³/mol. The molecule has 3 aromatic rings. The van der Waals surface area contributed by atoms with Crippen LogP contribution >= 0.6 is 11.3 Å². The summed E-state index contributed by atoms with van der Waals surface area (Å²) in [5.41, 5.74) is 4.01. The van der Waals surface area contributed by atoms with Gasteiger partial charge in [0.15, 0.2) is 0 Å². The van der Waals surface area contributed by atoms with Gasteiger partial charge < -0.3 is 10.0 Å². The summed E-state index contributed by atoms with van der Waals surface area (Å²) in [6.07, 6.45) is 1.98. The van der Waals surface area contributed by atoms with Crippen LogP contribution in [0, 0.1) is 5.92 Å². The molecule has 0 fully saturated rings. The number of thiazole rings is 1. The Bertz CT molecular complexity index is 1250. The first-order chi connectivity index (χ1) is 14.2. The molecule has 0 spiro atoms. The van der Waals surface area contributed by atoms with Crippen molar-refractivity contribution in [1.82, 2.24) is 19.1 Å². The zero-order chi connectivity index (χ0) is 21.6. The fourth-order valence-corrected chi connectivity index (χ4v) is 5.49. The Balaban J connectivity index is 1.58. The molecule has 0 saturated heterocycles. The van der Waals surface area contributed by atoms with E-state index in [0.717, 1.165) is 14.3 Å². The molecule has 156 valence electrons. The average Bonchev–Trinajstić information content (AvgIpc) is 3.41. The Kier molecular flexibility index (Phi) is 5.08. The highest BCUT2D eigenvalue weighted by molar-refractivity contribution is 7.89. The molecule has 1 aromatic carbocycles. The van der Waals surface area contributed by atoms with E-state index in [2.05, 4.69) is 23.2 Å². The first-order valence-electron chi connectivity index (χ1n) is 9.16. The number of amides is 1. The number of nitrogens with zero attached hydrogens (tertiary/aromatic N) is 4. The van der Waals surface area contributed by atoms with E-state index >= 15 is 0 Å². The fraction of sp³-hybridized carbons (Fsp3) is 0.250. The topological polar surface area (TPSA) is 105 Å². The van der Waals surface area contributed by atoms with Crippen LogP contribution in [-0.2, 0) is 27.9 Å². The second kappa shape index (κ2) is 7.46. The third-order valence-electron chi connectivity index (χ3n) is 5.13.